The monoisotopic (exact) mass is 663 g/mol. The van der Waals surface area contributed by atoms with Crippen LogP contribution in [0, 0.1) is 0 Å². The molecule has 220 valence electrons. The number of benzene rings is 3. The summed E-state index contributed by atoms with van der Waals surface area (Å²) >= 11 is 9.68. The summed E-state index contributed by atoms with van der Waals surface area (Å²) in [6, 6.07) is 20.3. The van der Waals surface area contributed by atoms with Crippen molar-refractivity contribution in [2.75, 3.05) is 24.2 Å². The molecule has 0 aliphatic carbocycles. The summed E-state index contributed by atoms with van der Waals surface area (Å²) in [4.78, 5) is 29.4. The molecule has 0 radical (unpaired) electrons. The van der Waals surface area contributed by atoms with Crippen molar-refractivity contribution in [2.45, 2.75) is 45.3 Å². The highest BCUT2D eigenvalue weighted by Gasteiger charge is 2.34. The smallest absolute Gasteiger partial charge is 0.244 e. The van der Waals surface area contributed by atoms with Gasteiger partial charge in [0.2, 0.25) is 21.8 Å². The molecule has 0 aromatic heterocycles. The molecule has 8 nitrogen and oxygen atoms in total. The van der Waals surface area contributed by atoms with Crippen LogP contribution < -0.4 is 14.4 Å². The zero-order valence-corrected chi connectivity index (χ0v) is 26.7. The topological polar surface area (TPSA) is 96.0 Å². The Balaban J connectivity index is 2.10. The maximum atomic E-state index is 14.2. The second kappa shape index (κ2) is 14.7. The maximum absolute atomic E-state index is 14.2. The van der Waals surface area contributed by atoms with Gasteiger partial charge >= 0.3 is 0 Å². The van der Waals surface area contributed by atoms with Crippen LogP contribution in [0.2, 0.25) is 5.02 Å². The molecular weight excluding hydrogens is 630 g/mol. The molecule has 3 aromatic carbocycles. The fourth-order valence-corrected chi connectivity index (χ4v) is 5.74. The average molecular weight is 665 g/mol. The lowest BCUT2D eigenvalue weighted by Crippen LogP contribution is -2.54. The van der Waals surface area contributed by atoms with Crippen molar-refractivity contribution in [1.29, 1.82) is 0 Å². The molecule has 0 saturated heterocycles. The fourth-order valence-electron chi connectivity index (χ4n) is 4.28. The van der Waals surface area contributed by atoms with Crippen LogP contribution in [-0.2, 0) is 32.6 Å². The van der Waals surface area contributed by atoms with E-state index in [2.05, 4.69) is 21.2 Å². The van der Waals surface area contributed by atoms with Gasteiger partial charge < -0.3 is 15.0 Å². The lowest BCUT2D eigenvalue weighted by Gasteiger charge is -2.34. The van der Waals surface area contributed by atoms with Crippen molar-refractivity contribution in [3.05, 3.63) is 93.4 Å². The number of methoxy groups -OCH3 is 1. The quantitative estimate of drug-likeness (QED) is 0.263. The van der Waals surface area contributed by atoms with Gasteiger partial charge in [0.25, 0.3) is 0 Å². The molecule has 3 aromatic rings. The molecular formula is C30H35BrClN3O5S. The minimum absolute atomic E-state index is 0.0774. The Kier molecular flexibility index (Phi) is 11.6. The first-order valence-electron chi connectivity index (χ1n) is 13.1. The van der Waals surface area contributed by atoms with Gasteiger partial charge in [0.1, 0.15) is 18.3 Å². The Morgan fingerprint density at radius 2 is 1.71 bits per heavy atom. The largest absolute Gasteiger partial charge is 0.495 e. The van der Waals surface area contributed by atoms with Gasteiger partial charge in [-0.05, 0) is 54.8 Å². The van der Waals surface area contributed by atoms with E-state index in [1.165, 1.54) is 24.1 Å². The molecule has 1 N–H and O–H groups in total. The minimum Gasteiger partial charge on any atom is -0.495 e. The fraction of sp³-hybridized carbons (Fsp3) is 0.333. The van der Waals surface area contributed by atoms with Gasteiger partial charge in [-0.25, -0.2) is 8.42 Å². The van der Waals surface area contributed by atoms with Gasteiger partial charge in [-0.3, -0.25) is 13.9 Å². The number of halogens is 2. The highest BCUT2D eigenvalue weighted by molar-refractivity contribution is 9.10. The number of hydrogen-bond donors (Lipinski definition) is 1. The molecule has 0 heterocycles. The zero-order valence-electron chi connectivity index (χ0n) is 23.5. The number of amides is 2. The highest BCUT2D eigenvalue weighted by atomic mass is 79.9. The number of nitrogens with zero attached hydrogens (tertiary/aromatic N) is 2. The van der Waals surface area contributed by atoms with E-state index in [9.17, 15) is 18.0 Å². The normalized spacial score (nSPS) is 12.7. The molecule has 0 fully saturated rings. The van der Waals surface area contributed by atoms with E-state index in [1.807, 2.05) is 68.4 Å². The van der Waals surface area contributed by atoms with Gasteiger partial charge in [0.05, 0.1) is 19.1 Å². The van der Waals surface area contributed by atoms with Gasteiger partial charge in [0.15, 0.2) is 0 Å². The van der Waals surface area contributed by atoms with Crippen molar-refractivity contribution in [3.8, 4) is 5.75 Å². The number of carbonyl (C=O) groups excluding carboxylic acids is 2. The second-order valence-electron chi connectivity index (χ2n) is 9.76. The summed E-state index contributed by atoms with van der Waals surface area (Å²) in [5.41, 5.74) is 1.76. The zero-order chi connectivity index (χ0) is 30.2. The molecule has 0 unspecified atom stereocenters. The van der Waals surface area contributed by atoms with Crippen LogP contribution in [-0.4, -0.2) is 57.1 Å². The number of ether oxygens (including phenoxy) is 1. The molecule has 3 rings (SSSR count). The van der Waals surface area contributed by atoms with E-state index < -0.39 is 28.5 Å². The molecule has 0 saturated carbocycles. The molecule has 2 amide bonds. The molecule has 0 aliphatic rings. The Morgan fingerprint density at radius 3 is 2.32 bits per heavy atom. The minimum atomic E-state index is -3.96. The molecule has 11 heteroatoms. The Bertz CT molecular complexity index is 1460. The van der Waals surface area contributed by atoms with Crippen molar-refractivity contribution < 1.29 is 22.7 Å². The van der Waals surface area contributed by atoms with Crippen LogP contribution in [0.25, 0.3) is 0 Å². The maximum Gasteiger partial charge on any atom is 0.244 e. The Morgan fingerprint density at radius 1 is 1.02 bits per heavy atom. The molecule has 0 aliphatic heterocycles. The lowest BCUT2D eigenvalue weighted by atomic mass is 10.0. The van der Waals surface area contributed by atoms with Crippen LogP contribution in [0.4, 0.5) is 5.69 Å². The van der Waals surface area contributed by atoms with Gasteiger partial charge in [-0.15, -0.1) is 0 Å². The third-order valence-electron chi connectivity index (χ3n) is 6.60. The average Bonchev–Trinajstić information content (AvgIpc) is 2.93. The van der Waals surface area contributed by atoms with Gasteiger partial charge in [0, 0.05) is 28.5 Å². The summed E-state index contributed by atoms with van der Waals surface area (Å²) in [5, 5.41) is 3.29. The van der Waals surface area contributed by atoms with E-state index in [4.69, 9.17) is 16.3 Å². The van der Waals surface area contributed by atoms with Crippen molar-refractivity contribution in [2.24, 2.45) is 0 Å². The molecule has 2 atom stereocenters. The standard InChI is InChI=1S/C30H35BrClN3O5S/c1-5-21(2)33-30(37)27(17-22-10-7-6-8-11-22)34(19-23-12-9-13-24(31)16-23)29(36)20-35(41(4,38)39)26-18-25(32)14-15-28(26)40-3/h6-16,18,21,27H,5,17,19-20H2,1-4H3,(H,33,37)/t21-,27-/m1/s1. The summed E-state index contributed by atoms with van der Waals surface area (Å²) in [6.45, 7) is 3.37. The number of sulfonamides is 1. The summed E-state index contributed by atoms with van der Waals surface area (Å²) in [7, 11) is -2.56. The number of rotatable bonds is 13. The van der Waals surface area contributed by atoms with Crippen LogP contribution in [0.3, 0.4) is 0 Å². The lowest BCUT2D eigenvalue weighted by molar-refractivity contribution is -0.140. The summed E-state index contributed by atoms with van der Waals surface area (Å²) < 4.78 is 33.2. The number of carbonyl (C=O) groups is 2. The van der Waals surface area contributed by atoms with Crippen molar-refractivity contribution in [3.63, 3.8) is 0 Å². The summed E-state index contributed by atoms with van der Waals surface area (Å²) in [6.07, 6.45) is 1.96. The number of anilines is 1. The SMILES string of the molecule is CC[C@@H](C)NC(=O)[C@@H](Cc1ccccc1)N(Cc1cccc(Br)c1)C(=O)CN(c1cc(Cl)ccc1OC)S(C)(=O)=O. The van der Waals surface area contributed by atoms with Crippen LogP contribution in [0.15, 0.2) is 77.3 Å². The predicted molar refractivity (Wildman–Crippen MR) is 167 cm³/mol. The first-order valence-corrected chi connectivity index (χ1v) is 16.1. The highest BCUT2D eigenvalue weighted by Crippen LogP contribution is 2.33. The first-order chi connectivity index (χ1) is 19.4. The Labute approximate surface area is 255 Å². The van der Waals surface area contributed by atoms with Gasteiger partial charge in [-0.2, -0.15) is 0 Å². The van der Waals surface area contributed by atoms with Crippen molar-refractivity contribution >= 4 is 55.1 Å². The van der Waals surface area contributed by atoms with E-state index >= 15 is 0 Å². The van der Waals surface area contributed by atoms with Crippen LogP contribution in [0.5, 0.6) is 5.75 Å². The molecule has 41 heavy (non-hydrogen) atoms. The Hall–Kier alpha value is -3.08. The molecule has 0 spiro atoms. The van der Waals surface area contributed by atoms with E-state index in [-0.39, 0.29) is 41.4 Å². The third kappa shape index (κ3) is 9.21. The number of hydrogen-bond acceptors (Lipinski definition) is 5. The van der Waals surface area contributed by atoms with E-state index in [0.29, 0.717) is 6.42 Å². The van der Waals surface area contributed by atoms with E-state index in [1.54, 1.807) is 6.07 Å². The second-order valence-corrected chi connectivity index (χ2v) is 13.0. The predicted octanol–water partition coefficient (Wildman–Crippen LogP) is 5.43. The van der Waals surface area contributed by atoms with E-state index in [0.717, 1.165) is 26.2 Å². The van der Waals surface area contributed by atoms with Crippen LogP contribution >= 0.6 is 27.5 Å². The van der Waals surface area contributed by atoms with Gasteiger partial charge in [-0.1, -0.05) is 76.9 Å². The van der Waals surface area contributed by atoms with Crippen LogP contribution in [0.1, 0.15) is 31.4 Å². The van der Waals surface area contributed by atoms with Crippen molar-refractivity contribution in [1.82, 2.24) is 10.2 Å². The summed E-state index contributed by atoms with van der Waals surface area (Å²) in [5.74, 6) is -0.642. The molecule has 0 bridgehead atoms. The first kappa shape index (κ1) is 32.4. The number of nitrogens with one attached hydrogen (secondary N) is 1. The third-order valence-corrected chi connectivity index (χ3v) is 8.46.